The lowest BCUT2D eigenvalue weighted by Gasteiger charge is -2.25. The number of aromatic nitrogens is 1. The van der Waals surface area contributed by atoms with Crippen molar-refractivity contribution >= 4 is 27.8 Å². The molecule has 0 fully saturated rings. The van der Waals surface area contributed by atoms with Gasteiger partial charge in [-0.2, -0.15) is 0 Å². The van der Waals surface area contributed by atoms with E-state index in [2.05, 4.69) is 41.2 Å². The van der Waals surface area contributed by atoms with Crippen LogP contribution in [0, 0.1) is 0 Å². The largest absolute Gasteiger partial charge is 0.375 e. The zero-order valence-corrected chi connectivity index (χ0v) is 11.7. The lowest BCUT2D eigenvalue weighted by molar-refractivity contribution is 0.207. The third kappa shape index (κ3) is 3.52. The fraction of sp³-hybridized carbons (Fsp3) is 0.417. The molecule has 0 spiro atoms. The summed E-state index contributed by atoms with van der Waals surface area (Å²) < 4.78 is 0. The van der Waals surface area contributed by atoms with Crippen molar-refractivity contribution in [2.75, 3.05) is 5.73 Å². The molecule has 0 aliphatic carbocycles. The molecule has 2 heterocycles. The lowest BCUT2D eigenvalue weighted by atomic mass is 10.3. The molecule has 0 unspecified atom stereocenters. The molecule has 2 N–H and O–H groups in total. The third-order valence-electron chi connectivity index (χ3n) is 2.60. The Morgan fingerprint density at radius 1 is 1.35 bits per heavy atom. The van der Waals surface area contributed by atoms with Crippen LogP contribution in [0.15, 0.2) is 23.7 Å². The number of rotatable bonds is 5. The molecule has 0 atom stereocenters. The van der Waals surface area contributed by atoms with Gasteiger partial charge in [-0.25, -0.2) is 4.98 Å². The van der Waals surface area contributed by atoms with E-state index in [4.69, 9.17) is 5.73 Å². The zero-order chi connectivity index (χ0) is 12.3. The smallest absolute Gasteiger partial charge is 0.180 e. The van der Waals surface area contributed by atoms with Crippen molar-refractivity contribution in [3.8, 4) is 0 Å². The molecule has 0 aliphatic rings. The summed E-state index contributed by atoms with van der Waals surface area (Å²) in [6.07, 6.45) is 1.88. The topological polar surface area (TPSA) is 42.2 Å². The number of nitrogens with zero attached hydrogens (tertiary/aromatic N) is 2. The number of nitrogens with two attached hydrogens (primary N) is 1. The molecule has 0 radical (unpaired) electrons. The summed E-state index contributed by atoms with van der Waals surface area (Å²) in [7, 11) is 0. The van der Waals surface area contributed by atoms with Crippen LogP contribution < -0.4 is 5.73 Å². The van der Waals surface area contributed by atoms with Gasteiger partial charge in [0.2, 0.25) is 0 Å². The van der Waals surface area contributed by atoms with Crippen molar-refractivity contribution < 1.29 is 0 Å². The quantitative estimate of drug-likeness (QED) is 0.904. The molecular formula is C12H17N3S2. The van der Waals surface area contributed by atoms with Crippen LogP contribution in [0.5, 0.6) is 0 Å². The highest BCUT2D eigenvalue weighted by molar-refractivity contribution is 7.15. The Kier molecular flexibility index (Phi) is 4.15. The summed E-state index contributed by atoms with van der Waals surface area (Å²) in [5.41, 5.74) is 5.66. The summed E-state index contributed by atoms with van der Waals surface area (Å²) in [5.74, 6) is 0. The second kappa shape index (κ2) is 5.62. The van der Waals surface area contributed by atoms with Crippen LogP contribution in [0.25, 0.3) is 0 Å². The van der Waals surface area contributed by atoms with E-state index in [0.717, 1.165) is 13.1 Å². The second-order valence-corrected chi connectivity index (χ2v) is 6.42. The number of anilines is 1. The van der Waals surface area contributed by atoms with E-state index in [1.807, 2.05) is 6.20 Å². The van der Waals surface area contributed by atoms with Crippen LogP contribution in [-0.4, -0.2) is 15.9 Å². The molecule has 0 aliphatic heterocycles. The summed E-state index contributed by atoms with van der Waals surface area (Å²) >= 11 is 3.38. The number of nitrogen functional groups attached to an aromatic ring is 1. The molecule has 17 heavy (non-hydrogen) atoms. The maximum atomic E-state index is 5.66. The van der Waals surface area contributed by atoms with Gasteiger partial charge in [-0.1, -0.05) is 6.07 Å². The fourth-order valence-electron chi connectivity index (χ4n) is 1.62. The second-order valence-electron chi connectivity index (χ2n) is 4.24. The van der Waals surface area contributed by atoms with Crippen LogP contribution in [0.2, 0.25) is 0 Å². The Hall–Kier alpha value is -0.910. The molecule has 0 amide bonds. The SMILES string of the molecule is CC(C)N(Cc1cccs1)Cc1cnc(N)s1. The van der Waals surface area contributed by atoms with Crippen LogP contribution >= 0.6 is 22.7 Å². The van der Waals surface area contributed by atoms with Crippen molar-refractivity contribution in [3.05, 3.63) is 33.5 Å². The maximum absolute atomic E-state index is 5.66. The van der Waals surface area contributed by atoms with Crippen molar-refractivity contribution in [1.29, 1.82) is 0 Å². The minimum Gasteiger partial charge on any atom is -0.375 e. The van der Waals surface area contributed by atoms with Gasteiger partial charge in [-0.15, -0.1) is 22.7 Å². The first-order valence-corrected chi connectivity index (χ1v) is 7.31. The van der Waals surface area contributed by atoms with Gasteiger partial charge in [0.25, 0.3) is 0 Å². The molecule has 0 saturated carbocycles. The van der Waals surface area contributed by atoms with Crippen molar-refractivity contribution in [2.24, 2.45) is 0 Å². The molecule has 5 heteroatoms. The van der Waals surface area contributed by atoms with E-state index in [9.17, 15) is 0 Å². The zero-order valence-electron chi connectivity index (χ0n) is 10.1. The summed E-state index contributed by atoms with van der Waals surface area (Å²) in [5, 5.41) is 2.78. The monoisotopic (exact) mass is 267 g/mol. The average molecular weight is 267 g/mol. The van der Waals surface area contributed by atoms with Gasteiger partial charge in [-0.3, -0.25) is 4.90 Å². The number of thiazole rings is 1. The van der Waals surface area contributed by atoms with Gasteiger partial charge in [0.05, 0.1) is 0 Å². The van der Waals surface area contributed by atoms with Crippen LogP contribution in [0.1, 0.15) is 23.6 Å². The summed E-state index contributed by atoms with van der Waals surface area (Å²) in [4.78, 5) is 9.16. The molecule has 2 aromatic heterocycles. The highest BCUT2D eigenvalue weighted by Crippen LogP contribution is 2.20. The average Bonchev–Trinajstić information content (AvgIpc) is 2.89. The van der Waals surface area contributed by atoms with E-state index in [-0.39, 0.29) is 0 Å². The Morgan fingerprint density at radius 2 is 2.12 bits per heavy atom. The molecule has 0 saturated heterocycles. The van der Waals surface area contributed by atoms with Gasteiger partial charge in [0, 0.05) is 35.1 Å². The fourth-order valence-corrected chi connectivity index (χ4v) is 3.06. The Balaban J connectivity index is 2.02. The first-order chi connectivity index (χ1) is 8.15. The lowest BCUT2D eigenvalue weighted by Crippen LogP contribution is -2.29. The predicted octanol–water partition coefficient (Wildman–Crippen LogP) is 3.20. The van der Waals surface area contributed by atoms with Gasteiger partial charge < -0.3 is 5.73 Å². The molecule has 0 aromatic carbocycles. The number of hydrogen-bond donors (Lipinski definition) is 1. The van der Waals surface area contributed by atoms with Gasteiger partial charge in [-0.05, 0) is 25.3 Å². The molecular weight excluding hydrogens is 250 g/mol. The highest BCUT2D eigenvalue weighted by atomic mass is 32.1. The Morgan fingerprint density at radius 3 is 2.65 bits per heavy atom. The minimum atomic E-state index is 0.514. The van der Waals surface area contributed by atoms with E-state index >= 15 is 0 Å². The Bertz CT molecular complexity index is 448. The highest BCUT2D eigenvalue weighted by Gasteiger charge is 2.12. The first kappa shape index (κ1) is 12.5. The summed E-state index contributed by atoms with van der Waals surface area (Å²) in [6.45, 7) is 6.35. The third-order valence-corrected chi connectivity index (χ3v) is 4.27. The van der Waals surface area contributed by atoms with Gasteiger partial charge in [0.1, 0.15) is 0 Å². The molecule has 2 rings (SSSR count). The van der Waals surface area contributed by atoms with Crippen molar-refractivity contribution in [1.82, 2.24) is 9.88 Å². The van der Waals surface area contributed by atoms with E-state index in [0.29, 0.717) is 11.2 Å². The Labute approximate surface area is 110 Å². The van der Waals surface area contributed by atoms with E-state index in [1.54, 1.807) is 22.7 Å². The van der Waals surface area contributed by atoms with Gasteiger partial charge in [0.15, 0.2) is 5.13 Å². The van der Waals surface area contributed by atoms with Crippen molar-refractivity contribution in [2.45, 2.75) is 33.0 Å². The normalized spacial score (nSPS) is 11.5. The van der Waals surface area contributed by atoms with Gasteiger partial charge >= 0.3 is 0 Å². The molecule has 3 nitrogen and oxygen atoms in total. The standard InChI is InChI=1S/C12H17N3S2/c1-9(2)15(7-10-4-3-5-16-10)8-11-6-14-12(13)17-11/h3-6,9H,7-8H2,1-2H3,(H2,13,14). The molecule has 0 bridgehead atoms. The van der Waals surface area contributed by atoms with Crippen LogP contribution in [0.4, 0.5) is 5.13 Å². The predicted molar refractivity (Wildman–Crippen MR) is 75.2 cm³/mol. The van der Waals surface area contributed by atoms with Crippen molar-refractivity contribution in [3.63, 3.8) is 0 Å². The summed E-state index contributed by atoms with van der Waals surface area (Å²) in [6, 6.07) is 4.80. The first-order valence-electron chi connectivity index (χ1n) is 5.62. The number of hydrogen-bond acceptors (Lipinski definition) is 5. The molecule has 92 valence electrons. The van der Waals surface area contributed by atoms with Crippen LogP contribution in [-0.2, 0) is 13.1 Å². The number of thiophene rings is 1. The van der Waals surface area contributed by atoms with Crippen LogP contribution in [0.3, 0.4) is 0 Å². The molecule has 2 aromatic rings. The van der Waals surface area contributed by atoms with E-state index < -0.39 is 0 Å². The van der Waals surface area contributed by atoms with E-state index in [1.165, 1.54) is 9.75 Å². The minimum absolute atomic E-state index is 0.514. The maximum Gasteiger partial charge on any atom is 0.180 e.